The SMILES string of the molecule is COC[C@@H](O)c1cnnn1CCOCc1ccccc1. The van der Waals surface area contributed by atoms with E-state index in [1.54, 1.807) is 18.0 Å². The van der Waals surface area contributed by atoms with E-state index >= 15 is 0 Å². The van der Waals surface area contributed by atoms with Gasteiger partial charge in [-0.1, -0.05) is 35.5 Å². The zero-order valence-electron chi connectivity index (χ0n) is 11.5. The van der Waals surface area contributed by atoms with Crippen LogP contribution in [0.1, 0.15) is 17.4 Å². The summed E-state index contributed by atoms with van der Waals surface area (Å²) in [5.74, 6) is 0. The Bertz CT molecular complexity index is 501. The van der Waals surface area contributed by atoms with E-state index in [0.717, 1.165) is 5.56 Å². The van der Waals surface area contributed by atoms with Crippen molar-refractivity contribution in [2.75, 3.05) is 20.3 Å². The molecule has 0 unspecified atom stereocenters. The van der Waals surface area contributed by atoms with Gasteiger partial charge in [-0.05, 0) is 5.56 Å². The average molecular weight is 277 g/mol. The smallest absolute Gasteiger partial charge is 0.120 e. The van der Waals surface area contributed by atoms with Gasteiger partial charge in [-0.15, -0.1) is 5.10 Å². The minimum Gasteiger partial charge on any atom is -0.384 e. The number of benzene rings is 1. The van der Waals surface area contributed by atoms with Crippen LogP contribution in [0.3, 0.4) is 0 Å². The summed E-state index contributed by atoms with van der Waals surface area (Å²) < 4.78 is 12.1. The van der Waals surface area contributed by atoms with Crippen LogP contribution in [0.2, 0.25) is 0 Å². The van der Waals surface area contributed by atoms with Gasteiger partial charge in [-0.3, -0.25) is 0 Å². The van der Waals surface area contributed by atoms with Crippen LogP contribution in [0.5, 0.6) is 0 Å². The van der Waals surface area contributed by atoms with Gasteiger partial charge in [0.15, 0.2) is 0 Å². The molecular weight excluding hydrogens is 258 g/mol. The van der Waals surface area contributed by atoms with E-state index in [9.17, 15) is 5.11 Å². The molecule has 6 nitrogen and oxygen atoms in total. The van der Waals surface area contributed by atoms with Crippen molar-refractivity contribution < 1.29 is 14.6 Å². The second-order valence-corrected chi connectivity index (χ2v) is 4.39. The van der Waals surface area contributed by atoms with Crippen molar-refractivity contribution in [3.63, 3.8) is 0 Å². The van der Waals surface area contributed by atoms with Gasteiger partial charge in [0.2, 0.25) is 0 Å². The van der Waals surface area contributed by atoms with Gasteiger partial charge in [-0.2, -0.15) is 0 Å². The van der Waals surface area contributed by atoms with Crippen molar-refractivity contribution >= 4 is 0 Å². The maximum absolute atomic E-state index is 9.86. The van der Waals surface area contributed by atoms with Crippen LogP contribution < -0.4 is 0 Å². The van der Waals surface area contributed by atoms with Crippen molar-refractivity contribution in [1.82, 2.24) is 15.0 Å². The summed E-state index contributed by atoms with van der Waals surface area (Å²) in [7, 11) is 1.54. The molecule has 0 saturated heterocycles. The van der Waals surface area contributed by atoms with Gasteiger partial charge in [0, 0.05) is 7.11 Å². The number of rotatable bonds is 8. The molecule has 108 valence electrons. The normalized spacial score (nSPS) is 12.5. The molecule has 2 rings (SSSR count). The third-order valence-corrected chi connectivity index (χ3v) is 2.87. The van der Waals surface area contributed by atoms with E-state index in [4.69, 9.17) is 9.47 Å². The summed E-state index contributed by atoms with van der Waals surface area (Å²) >= 11 is 0. The maximum Gasteiger partial charge on any atom is 0.120 e. The van der Waals surface area contributed by atoms with Gasteiger partial charge in [-0.25, -0.2) is 4.68 Å². The largest absolute Gasteiger partial charge is 0.384 e. The first kappa shape index (κ1) is 14.6. The quantitative estimate of drug-likeness (QED) is 0.734. The van der Waals surface area contributed by atoms with Crippen LogP contribution in [0.15, 0.2) is 36.5 Å². The molecule has 0 radical (unpaired) electrons. The Hall–Kier alpha value is -1.76. The van der Waals surface area contributed by atoms with Crippen LogP contribution in [-0.4, -0.2) is 40.4 Å². The van der Waals surface area contributed by atoms with Gasteiger partial charge >= 0.3 is 0 Å². The summed E-state index contributed by atoms with van der Waals surface area (Å²) in [6.07, 6.45) is 0.824. The topological polar surface area (TPSA) is 69.4 Å². The lowest BCUT2D eigenvalue weighted by Crippen LogP contribution is -2.15. The lowest BCUT2D eigenvalue weighted by atomic mass is 10.2. The number of hydrogen-bond donors (Lipinski definition) is 1. The highest BCUT2D eigenvalue weighted by Crippen LogP contribution is 2.11. The summed E-state index contributed by atoms with van der Waals surface area (Å²) in [4.78, 5) is 0. The zero-order chi connectivity index (χ0) is 14.2. The number of aromatic nitrogens is 3. The van der Waals surface area contributed by atoms with Crippen LogP contribution in [0.25, 0.3) is 0 Å². The number of hydrogen-bond acceptors (Lipinski definition) is 5. The van der Waals surface area contributed by atoms with E-state index in [-0.39, 0.29) is 6.61 Å². The zero-order valence-corrected chi connectivity index (χ0v) is 11.5. The lowest BCUT2D eigenvalue weighted by molar-refractivity contribution is 0.0556. The molecule has 1 N–H and O–H groups in total. The molecule has 1 aromatic carbocycles. The number of methoxy groups -OCH3 is 1. The van der Waals surface area contributed by atoms with E-state index < -0.39 is 6.10 Å². The Morgan fingerprint density at radius 2 is 2.10 bits per heavy atom. The van der Waals surface area contributed by atoms with Crippen molar-refractivity contribution in [2.45, 2.75) is 19.3 Å². The Morgan fingerprint density at radius 3 is 2.85 bits per heavy atom. The van der Waals surface area contributed by atoms with Crippen molar-refractivity contribution in [2.24, 2.45) is 0 Å². The van der Waals surface area contributed by atoms with Crippen LogP contribution in [-0.2, 0) is 22.6 Å². The highest BCUT2D eigenvalue weighted by atomic mass is 16.5. The number of aliphatic hydroxyl groups is 1. The third kappa shape index (κ3) is 4.12. The standard InChI is InChI=1S/C14H19N3O3/c1-19-11-14(18)13-9-15-16-17(13)7-8-20-10-12-5-3-2-4-6-12/h2-6,9,14,18H,7-8,10-11H2,1H3/t14-/m1/s1. The van der Waals surface area contributed by atoms with Gasteiger partial charge in [0.1, 0.15) is 6.10 Å². The van der Waals surface area contributed by atoms with Gasteiger partial charge < -0.3 is 14.6 Å². The third-order valence-electron chi connectivity index (χ3n) is 2.87. The molecule has 1 aromatic heterocycles. The molecule has 6 heteroatoms. The highest BCUT2D eigenvalue weighted by molar-refractivity contribution is 5.13. The van der Waals surface area contributed by atoms with Crippen LogP contribution in [0, 0.1) is 0 Å². The molecule has 0 saturated carbocycles. The van der Waals surface area contributed by atoms with Crippen LogP contribution in [0.4, 0.5) is 0 Å². The fourth-order valence-corrected chi connectivity index (χ4v) is 1.86. The second kappa shape index (κ2) is 7.74. The molecule has 0 fully saturated rings. The van der Waals surface area contributed by atoms with Crippen molar-refractivity contribution in [1.29, 1.82) is 0 Å². The Labute approximate surface area is 117 Å². The highest BCUT2D eigenvalue weighted by Gasteiger charge is 2.13. The predicted octanol–water partition coefficient (Wildman–Crippen LogP) is 1.17. The molecular formula is C14H19N3O3. The molecule has 1 heterocycles. The molecule has 2 aromatic rings. The van der Waals surface area contributed by atoms with E-state index in [1.165, 1.54) is 0 Å². The predicted molar refractivity (Wildman–Crippen MR) is 73.0 cm³/mol. The van der Waals surface area contributed by atoms with Crippen molar-refractivity contribution in [3.05, 3.63) is 47.8 Å². The molecule has 0 aliphatic carbocycles. The molecule has 0 aliphatic heterocycles. The molecule has 0 spiro atoms. The lowest BCUT2D eigenvalue weighted by Gasteiger charge is -2.11. The van der Waals surface area contributed by atoms with E-state index in [2.05, 4.69) is 10.3 Å². The Morgan fingerprint density at radius 1 is 1.30 bits per heavy atom. The summed E-state index contributed by atoms with van der Waals surface area (Å²) in [6.45, 7) is 1.83. The second-order valence-electron chi connectivity index (χ2n) is 4.39. The first-order chi connectivity index (χ1) is 9.81. The Kier molecular flexibility index (Phi) is 5.67. The number of ether oxygens (including phenoxy) is 2. The average Bonchev–Trinajstić information content (AvgIpc) is 2.93. The monoisotopic (exact) mass is 277 g/mol. The number of aliphatic hydroxyl groups excluding tert-OH is 1. The van der Waals surface area contributed by atoms with Crippen molar-refractivity contribution in [3.8, 4) is 0 Å². The van der Waals surface area contributed by atoms with E-state index in [1.807, 2.05) is 30.3 Å². The summed E-state index contributed by atoms with van der Waals surface area (Å²) in [6, 6.07) is 9.97. The minimum absolute atomic E-state index is 0.220. The fourth-order valence-electron chi connectivity index (χ4n) is 1.86. The minimum atomic E-state index is -0.718. The Balaban J connectivity index is 1.78. The maximum atomic E-state index is 9.86. The van der Waals surface area contributed by atoms with Gasteiger partial charge in [0.05, 0.1) is 38.3 Å². The molecule has 1 atom stereocenters. The first-order valence-electron chi connectivity index (χ1n) is 6.48. The molecule has 20 heavy (non-hydrogen) atoms. The first-order valence-corrected chi connectivity index (χ1v) is 6.48. The summed E-state index contributed by atoms with van der Waals surface area (Å²) in [5.41, 5.74) is 1.76. The molecule has 0 bridgehead atoms. The molecule has 0 amide bonds. The fraction of sp³-hybridized carbons (Fsp3) is 0.429. The number of nitrogens with zero attached hydrogens (tertiary/aromatic N) is 3. The van der Waals surface area contributed by atoms with E-state index in [0.29, 0.717) is 25.5 Å². The van der Waals surface area contributed by atoms with Crippen LogP contribution >= 0.6 is 0 Å². The molecule has 0 aliphatic rings. The van der Waals surface area contributed by atoms with Gasteiger partial charge in [0.25, 0.3) is 0 Å². The summed E-state index contributed by atoms with van der Waals surface area (Å²) in [5, 5.41) is 17.6.